The van der Waals surface area contributed by atoms with Crippen molar-refractivity contribution in [2.45, 2.75) is 45.1 Å². The van der Waals surface area contributed by atoms with E-state index < -0.39 is 29.7 Å². The van der Waals surface area contributed by atoms with E-state index in [-0.39, 0.29) is 11.7 Å². The fourth-order valence-corrected chi connectivity index (χ4v) is 3.65. The van der Waals surface area contributed by atoms with Gasteiger partial charge in [-0.3, -0.25) is 30.0 Å². The number of hydrogen-bond donors (Lipinski definition) is 3. The minimum Gasteiger partial charge on any atom is -0.301 e. The molecule has 8 nitrogen and oxygen atoms in total. The Morgan fingerprint density at radius 1 is 1.07 bits per heavy atom. The van der Waals surface area contributed by atoms with Gasteiger partial charge in [-0.05, 0) is 31.9 Å². The van der Waals surface area contributed by atoms with E-state index in [0.717, 1.165) is 32.1 Å². The van der Waals surface area contributed by atoms with Crippen molar-refractivity contribution in [3.63, 3.8) is 0 Å². The van der Waals surface area contributed by atoms with E-state index >= 15 is 0 Å². The Morgan fingerprint density at radius 3 is 2.39 bits per heavy atom. The van der Waals surface area contributed by atoms with Gasteiger partial charge in [0.05, 0.1) is 0 Å². The van der Waals surface area contributed by atoms with Crippen LogP contribution in [0.2, 0.25) is 0 Å². The SMILES string of the molecule is C/C=C(/NNC(=O)c1ccccc1)[C@H]1C(=O)NC(=O)N(C2CCCCC2)C1=O. The van der Waals surface area contributed by atoms with E-state index in [1.54, 1.807) is 43.3 Å². The Balaban J connectivity index is 1.73. The predicted octanol–water partition coefficient (Wildman–Crippen LogP) is 1.85. The molecule has 1 aliphatic carbocycles. The fourth-order valence-electron chi connectivity index (χ4n) is 3.65. The number of rotatable bonds is 5. The Bertz CT molecular complexity index is 800. The van der Waals surface area contributed by atoms with Crippen molar-refractivity contribution in [1.29, 1.82) is 0 Å². The lowest BCUT2D eigenvalue weighted by molar-refractivity contribution is -0.143. The number of nitrogens with one attached hydrogen (secondary N) is 3. The van der Waals surface area contributed by atoms with Gasteiger partial charge in [-0.1, -0.05) is 43.5 Å². The summed E-state index contributed by atoms with van der Waals surface area (Å²) in [7, 11) is 0. The minimum atomic E-state index is -1.21. The number of barbiturate groups is 1. The van der Waals surface area contributed by atoms with E-state index in [2.05, 4.69) is 16.2 Å². The highest BCUT2D eigenvalue weighted by Crippen LogP contribution is 2.27. The van der Waals surface area contributed by atoms with Crippen LogP contribution in [0.4, 0.5) is 4.79 Å². The Labute approximate surface area is 163 Å². The van der Waals surface area contributed by atoms with Crippen molar-refractivity contribution >= 4 is 23.8 Å². The van der Waals surface area contributed by atoms with Crippen molar-refractivity contribution in [3.05, 3.63) is 47.7 Å². The number of benzene rings is 1. The van der Waals surface area contributed by atoms with Gasteiger partial charge in [0.25, 0.3) is 5.91 Å². The number of carbonyl (C=O) groups is 4. The van der Waals surface area contributed by atoms with E-state index in [0.29, 0.717) is 5.56 Å². The lowest BCUT2D eigenvalue weighted by Gasteiger charge is -2.38. The summed E-state index contributed by atoms with van der Waals surface area (Å²) >= 11 is 0. The third kappa shape index (κ3) is 4.05. The molecule has 1 aromatic rings. The van der Waals surface area contributed by atoms with Gasteiger partial charge in [0.1, 0.15) is 0 Å². The van der Waals surface area contributed by atoms with Crippen LogP contribution in [0.3, 0.4) is 0 Å². The zero-order valence-electron chi connectivity index (χ0n) is 15.7. The van der Waals surface area contributed by atoms with Gasteiger partial charge in [-0.15, -0.1) is 0 Å². The van der Waals surface area contributed by atoms with Gasteiger partial charge in [-0.2, -0.15) is 0 Å². The first-order valence-electron chi connectivity index (χ1n) is 9.48. The number of hydrogen-bond acceptors (Lipinski definition) is 5. The summed E-state index contributed by atoms with van der Waals surface area (Å²) in [4.78, 5) is 51.1. The van der Waals surface area contributed by atoms with Crippen LogP contribution in [0.5, 0.6) is 0 Å². The average molecular weight is 384 g/mol. The van der Waals surface area contributed by atoms with Crippen LogP contribution in [-0.4, -0.2) is 34.7 Å². The molecule has 0 radical (unpaired) electrons. The summed E-state index contributed by atoms with van der Waals surface area (Å²) in [6.07, 6.45) is 6.00. The van der Waals surface area contributed by atoms with E-state index in [1.807, 2.05) is 0 Å². The molecule has 148 valence electrons. The topological polar surface area (TPSA) is 108 Å². The quantitative estimate of drug-likeness (QED) is 0.530. The normalized spacial score (nSPS) is 21.3. The van der Waals surface area contributed by atoms with Crippen LogP contribution in [-0.2, 0) is 9.59 Å². The first-order chi connectivity index (χ1) is 13.5. The third-order valence-corrected chi connectivity index (χ3v) is 5.11. The fraction of sp³-hybridized carbons (Fsp3) is 0.400. The van der Waals surface area contributed by atoms with Gasteiger partial charge < -0.3 is 5.43 Å². The molecule has 3 rings (SSSR count). The minimum absolute atomic E-state index is 0.200. The first-order valence-corrected chi connectivity index (χ1v) is 9.48. The summed E-state index contributed by atoms with van der Waals surface area (Å²) in [6, 6.07) is 7.69. The maximum absolute atomic E-state index is 13.0. The number of nitrogens with zero attached hydrogens (tertiary/aromatic N) is 1. The van der Waals surface area contributed by atoms with Crippen LogP contribution in [0.25, 0.3) is 0 Å². The van der Waals surface area contributed by atoms with Crippen molar-refractivity contribution in [3.8, 4) is 0 Å². The molecule has 0 aromatic heterocycles. The molecule has 2 aliphatic rings. The monoisotopic (exact) mass is 384 g/mol. The lowest BCUT2D eigenvalue weighted by Crippen LogP contribution is -2.62. The maximum atomic E-state index is 13.0. The molecule has 1 atom stereocenters. The second kappa shape index (κ2) is 8.69. The van der Waals surface area contributed by atoms with Crippen molar-refractivity contribution in [1.82, 2.24) is 21.1 Å². The summed E-state index contributed by atoms with van der Waals surface area (Å²) in [5.74, 6) is -2.86. The van der Waals surface area contributed by atoms with Crippen LogP contribution in [0.1, 0.15) is 49.4 Å². The maximum Gasteiger partial charge on any atom is 0.331 e. The highest BCUT2D eigenvalue weighted by Gasteiger charge is 2.45. The molecule has 3 N–H and O–H groups in total. The number of amides is 5. The Morgan fingerprint density at radius 2 is 1.75 bits per heavy atom. The summed E-state index contributed by atoms with van der Waals surface area (Å²) in [5.41, 5.74) is 5.84. The second-order valence-electron chi connectivity index (χ2n) is 6.92. The van der Waals surface area contributed by atoms with Gasteiger partial charge >= 0.3 is 6.03 Å². The molecule has 28 heavy (non-hydrogen) atoms. The van der Waals surface area contributed by atoms with Crippen LogP contribution < -0.4 is 16.2 Å². The predicted molar refractivity (Wildman–Crippen MR) is 102 cm³/mol. The molecule has 1 saturated carbocycles. The highest BCUT2D eigenvalue weighted by atomic mass is 16.2. The zero-order chi connectivity index (χ0) is 20.1. The Hall–Kier alpha value is -3.16. The smallest absolute Gasteiger partial charge is 0.301 e. The Kier molecular flexibility index (Phi) is 6.08. The first kappa shape index (κ1) is 19.6. The van der Waals surface area contributed by atoms with Crippen LogP contribution in [0, 0.1) is 5.92 Å². The number of urea groups is 1. The third-order valence-electron chi connectivity index (χ3n) is 5.11. The molecular weight excluding hydrogens is 360 g/mol. The molecular formula is C20H24N4O4. The van der Waals surface area contributed by atoms with Crippen LogP contribution in [0.15, 0.2) is 42.1 Å². The summed E-state index contributed by atoms with van der Waals surface area (Å²) in [6.45, 7) is 1.65. The molecule has 1 aliphatic heterocycles. The van der Waals surface area contributed by atoms with Crippen LogP contribution >= 0.6 is 0 Å². The average Bonchev–Trinajstić information content (AvgIpc) is 2.71. The summed E-state index contributed by atoms with van der Waals surface area (Å²) < 4.78 is 0. The number of allylic oxidation sites excluding steroid dienone is 1. The standard InChI is InChI=1S/C20H24N4O4/c1-2-15(22-23-17(25)13-9-5-3-6-10-13)16-18(26)21-20(28)24(19(16)27)14-11-7-4-8-12-14/h2-3,5-6,9-10,14,16,22H,4,7-8,11-12H2,1H3,(H,23,25)(H,21,26,28)/b15-2+/t16-/m0/s1. The van der Waals surface area contributed by atoms with Gasteiger partial charge in [0.15, 0.2) is 5.92 Å². The van der Waals surface area contributed by atoms with Gasteiger partial charge in [-0.25, -0.2) is 4.79 Å². The number of hydrazine groups is 1. The van der Waals surface area contributed by atoms with Gasteiger partial charge in [0.2, 0.25) is 11.8 Å². The second-order valence-corrected chi connectivity index (χ2v) is 6.92. The molecule has 0 spiro atoms. The molecule has 1 aromatic carbocycles. The van der Waals surface area contributed by atoms with E-state index in [1.165, 1.54) is 4.90 Å². The molecule has 8 heteroatoms. The zero-order valence-corrected chi connectivity index (χ0v) is 15.7. The number of imide groups is 2. The van der Waals surface area contributed by atoms with Crippen molar-refractivity contribution < 1.29 is 19.2 Å². The molecule has 1 saturated heterocycles. The molecule has 0 unspecified atom stereocenters. The molecule has 1 heterocycles. The van der Waals surface area contributed by atoms with Gasteiger partial charge in [0, 0.05) is 17.3 Å². The lowest BCUT2D eigenvalue weighted by atomic mass is 9.91. The van der Waals surface area contributed by atoms with E-state index in [4.69, 9.17) is 0 Å². The molecule has 0 bridgehead atoms. The van der Waals surface area contributed by atoms with Crippen molar-refractivity contribution in [2.24, 2.45) is 5.92 Å². The molecule has 5 amide bonds. The number of carbonyl (C=O) groups excluding carboxylic acids is 4. The molecule has 2 fully saturated rings. The summed E-state index contributed by atoms with van der Waals surface area (Å²) in [5, 5.41) is 2.27. The largest absolute Gasteiger partial charge is 0.331 e. The van der Waals surface area contributed by atoms with Crippen molar-refractivity contribution in [2.75, 3.05) is 0 Å². The highest BCUT2D eigenvalue weighted by molar-refractivity contribution is 6.17. The van der Waals surface area contributed by atoms with E-state index in [9.17, 15) is 19.2 Å².